The van der Waals surface area contributed by atoms with Crippen LogP contribution in [0.15, 0.2) is 46.4 Å². The molecule has 1 unspecified atom stereocenters. The molecule has 0 radical (unpaired) electrons. The second-order valence-electron chi connectivity index (χ2n) is 6.10. The van der Waals surface area contributed by atoms with Crippen LogP contribution in [0.1, 0.15) is 34.6 Å². The largest absolute Gasteiger partial charge is 0.459 e. The molecule has 1 aliphatic rings. The van der Waals surface area contributed by atoms with E-state index in [2.05, 4.69) is 20.0 Å². The number of carbonyl (C=O) groups is 1. The summed E-state index contributed by atoms with van der Waals surface area (Å²) in [5, 5.41) is 11.4. The molecule has 0 saturated carbocycles. The van der Waals surface area contributed by atoms with Gasteiger partial charge in [-0.25, -0.2) is 18.8 Å². The lowest BCUT2D eigenvalue weighted by molar-refractivity contribution is -0.0787. The highest BCUT2D eigenvalue weighted by Crippen LogP contribution is 2.42. The third-order valence-electron chi connectivity index (χ3n) is 4.06. The maximum atomic E-state index is 14.5. The number of nitriles is 1. The average Bonchev–Trinajstić information content (AvgIpc) is 2.71. The van der Waals surface area contributed by atoms with Gasteiger partial charge in [0, 0.05) is 16.8 Å². The third-order valence-corrected chi connectivity index (χ3v) is 5.03. The van der Waals surface area contributed by atoms with Gasteiger partial charge in [-0.3, -0.25) is 4.79 Å². The first-order chi connectivity index (χ1) is 13.8. The summed E-state index contributed by atoms with van der Waals surface area (Å²) in [6.07, 6.45) is 1.28. The Morgan fingerprint density at radius 2 is 2.24 bits per heavy atom. The van der Waals surface area contributed by atoms with E-state index in [1.165, 1.54) is 36.2 Å². The SMILES string of the molecule is CCSc1ccc(NC(=O)c2ccc(C#N)cn2)cc1C1N=C(N)OCC1(F)F. The van der Waals surface area contributed by atoms with Gasteiger partial charge in [-0.1, -0.05) is 6.92 Å². The number of benzene rings is 1. The minimum Gasteiger partial charge on any atom is -0.459 e. The van der Waals surface area contributed by atoms with E-state index in [4.69, 9.17) is 11.0 Å². The number of pyridine rings is 1. The van der Waals surface area contributed by atoms with Gasteiger partial charge >= 0.3 is 5.92 Å². The maximum absolute atomic E-state index is 14.5. The number of anilines is 1. The highest BCUT2D eigenvalue weighted by Gasteiger charge is 2.46. The highest BCUT2D eigenvalue weighted by molar-refractivity contribution is 7.99. The normalized spacial score (nSPS) is 17.6. The smallest absolute Gasteiger partial charge is 0.307 e. The van der Waals surface area contributed by atoms with Crippen molar-refractivity contribution in [1.29, 1.82) is 5.26 Å². The molecule has 1 amide bonds. The summed E-state index contributed by atoms with van der Waals surface area (Å²) in [6, 6.07) is 7.71. The van der Waals surface area contributed by atoms with Gasteiger partial charge < -0.3 is 15.8 Å². The molecule has 0 bridgehead atoms. The highest BCUT2D eigenvalue weighted by atomic mass is 32.2. The summed E-state index contributed by atoms with van der Waals surface area (Å²) < 4.78 is 33.6. The number of nitrogens with two attached hydrogens (primary N) is 1. The molecule has 1 aromatic heterocycles. The number of aliphatic imine (C=N–C) groups is 1. The Morgan fingerprint density at radius 3 is 2.90 bits per heavy atom. The number of aromatic nitrogens is 1. The molecule has 0 spiro atoms. The molecule has 2 aromatic rings. The van der Waals surface area contributed by atoms with Gasteiger partial charge in [0.25, 0.3) is 11.9 Å². The fourth-order valence-electron chi connectivity index (χ4n) is 2.72. The molecule has 0 fully saturated rings. The summed E-state index contributed by atoms with van der Waals surface area (Å²) >= 11 is 1.39. The van der Waals surface area contributed by atoms with E-state index in [1.807, 2.05) is 13.0 Å². The van der Waals surface area contributed by atoms with Crippen LogP contribution in [0.2, 0.25) is 0 Å². The van der Waals surface area contributed by atoms with Crippen molar-refractivity contribution in [2.45, 2.75) is 23.8 Å². The fourth-order valence-corrected chi connectivity index (χ4v) is 3.53. The molecule has 10 heteroatoms. The first kappa shape index (κ1) is 20.5. The molecule has 0 saturated heterocycles. The Kier molecular flexibility index (Phi) is 5.98. The topological polar surface area (TPSA) is 113 Å². The van der Waals surface area contributed by atoms with E-state index in [0.29, 0.717) is 21.9 Å². The number of nitrogens with zero attached hydrogens (tertiary/aromatic N) is 3. The molecule has 7 nitrogen and oxygen atoms in total. The summed E-state index contributed by atoms with van der Waals surface area (Å²) in [5.41, 5.74) is 6.49. The fraction of sp³-hybridized carbons (Fsp3) is 0.263. The van der Waals surface area contributed by atoms with Gasteiger partial charge in [0.2, 0.25) is 0 Å². The number of carbonyl (C=O) groups excluding carboxylic acids is 1. The number of ether oxygens (including phenoxy) is 1. The molecule has 150 valence electrons. The summed E-state index contributed by atoms with van der Waals surface area (Å²) in [7, 11) is 0. The van der Waals surface area contributed by atoms with Crippen molar-refractivity contribution in [2.75, 3.05) is 17.7 Å². The summed E-state index contributed by atoms with van der Waals surface area (Å²) in [5.74, 6) is -3.11. The second kappa shape index (κ2) is 8.45. The minimum atomic E-state index is -3.25. The number of amides is 1. The molecule has 29 heavy (non-hydrogen) atoms. The molecule has 1 atom stereocenters. The molecule has 3 rings (SSSR count). The van der Waals surface area contributed by atoms with E-state index in [9.17, 15) is 13.6 Å². The van der Waals surface area contributed by atoms with Gasteiger partial charge in [-0.05, 0) is 41.6 Å². The van der Waals surface area contributed by atoms with E-state index in [0.717, 1.165) is 0 Å². The van der Waals surface area contributed by atoms with Gasteiger partial charge in [-0.15, -0.1) is 11.8 Å². The number of hydrogen-bond donors (Lipinski definition) is 2. The zero-order valence-corrected chi connectivity index (χ0v) is 16.2. The molecule has 0 aliphatic carbocycles. The Balaban J connectivity index is 1.93. The van der Waals surface area contributed by atoms with Crippen molar-refractivity contribution in [2.24, 2.45) is 10.7 Å². The van der Waals surface area contributed by atoms with Crippen molar-refractivity contribution in [3.63, 3.8) is 0 Å². The van der Waals surface area contributed by atoms with Crippen LogP contribution >= 0.6 is 11.8 Å². The lowest BCUT2D eigenvalue weighted by Gasteiger charge is -2.29. The van der Waals surface area contributed by atoms with E-state index in [-0.39, 0.29) is 17.3 Å². The zero-order valence-electron chi connectivity index (χ0n) is 15.4. The zero-order chi connectivity index (χ0) is 21.0. The first-order valence-corrected chi connectivity index (χ1v) is 9.60. The van der Waals surface area contributed by atoms with Crippen LogP contribution in [0.25, 0.3) is 0 Å². The predicted molar refractivity (Wildman–Crippen MR) is 105 cm³/mol. The Bertz CT molecular complexity index is 989. The van der Waals surface area contributed by atoms with Crippen molar-refractivity contribution in [1.82, 2.24) is 4.98 Å². The van der Waals surface area contributed by atoms with E-state index < -0.39 is 24.5 Å². The van der Waals surface area contributed by atoms with E-state index in [1.54, 1.807) is 12.1 Å². The Hall–Kier alpha value is -3.19. The molecular weight excluding hydrogens is 400 g/mol. The minimum absolute atomic E-state index is 0.0937. The third kappa shape index (κ3) is 4.63. The van der Waals surface area contributed by atoms with Crippen LogP contribution in [-0.4, -0.2) is 35.2 Å². The summed E-state index contributed by atoms with van der Waals surface area (Å²) in [6.45, 7) is 1.04. The quantitative estimate of drug-likeness (QED) is 0.722. The number of rotatable bonds is 5. The van der Waals surface area contributed by atoms with E-state index >= 15 is 0 Å². The van der Waals surface area contributed by atoms with Crippen LogP contribution in [0.4, 0.5) is 14.5 Å². The lowest BCUT2D eigenvalue weighted by atomic mass is 10.00. The second-order valence-corrected chi connectivity index (χ2v) is 7.41. The van der Waals surface area contributed by atoms with Crippen LogP contribution < -0.4 is 11.1 Å². The number of hydrogen-bond acceptors (Lipinski definition) is 7. The number of alkyl halides is 2. The number of thioether (sulfide) groups is 1. The van der Waals surface area contributed by atoms with Gasteiger partial charge in [0.15, 0.2) is 6.61 Å². The monoisotopic (exact) mass is 417 g/mol. The lowest BCUT2D eigenvalue weighted by Crippen LogP contribution is -2.39. The van der Waals surface area contributed by atoms with Crippen molar-refractivity contribution < 1.29 is 18.3 Å². The van der Waals surface area contributed by atoms with Crippen molar-refractivity contribution >= 4 is 29.4 Å². The molecule has 1 aliphatic heterocycles. The molecule has 2 heterocycles. The average molecular weight is 417 g/mol. The number of amidine groups is 1. The molecule has 1 aromatic carbocycles. The summed E-state index contributed by atoms with van der Waals surface area (Å²) in [4.78, 5) is 20.8. The van der Waals surface area contributed by atoms with Gasteiger partial charge in [-0.2, -0.15) is 5.26 Å². The van der Waals surface area contributed by atoms with Crippen LogP contribution in [0, 0.1) is 11.3 Å². The number of halogens is 2. The van der Waals surface area contributed by atoms with Crippen molar-refractivity contribution in [3.8, 4) is 6.07 Å². The number of nitrogens with one attached hydrogen (secondary N) is 1. The Morgan fingerprint density at radius 1 is 1.45 bits per heavy atom. The standard InChI is InChI=1S/C19H17F2N5O2S/c1-2-29-15-6-4-12(25-17(27)14-5-3-11(8-22)9-24-14)7-13(15)16-19(20,21)10-28-18(23)26-16/h3-7,9,16H,2,10H2,1H3,(H2,23,26)(H,25,27). The van der Waals surface area contributed by atoms with Gasteiger partial charge in [0.05, 0.1) is 5.56 Å². The first-order valence-electron chi connectivity index (χ1n) is 8.62. The van der Waals surface area contributed by atoms with Gasteiger partial charge in [0.1, 0.15) is 17.8 Å². The van der Waals surface area contributed by atoms with Crippen LogP contribution in [0.5, 0.6) is 0 Å². The van der Waals surface area contributed by atoms with Crippen LogP contribution in [0.3, 0.4) is 0 Å². The molecule has 3 N–H and O–H groups in total. The Labute approximate surface area is 170 Å². The van der Waals surface area contributed by atoms with Crippen LogP contribution in [-0.2, 0) is 4.74 Å². The van der Waals surface area contributed by atoms with Crippen molar-refractivity contribution in [3.05, 3.63) is 53.3 Å². The molecular formula is C19H17F2N5O2S. The predicted octanol–water partition coefficient (Wildman–Crippen LogP) is 3.34. The maximum Gasteiger partial charge on any atom is 0.307 e.